The van der Waals surface area contributed by atoms with E-state index in [0.717, 1.165) is 5.56 Å². The fraction of sp³-hybridized carbons (Fsp3) is 0.357. The second-order valence-corrected chi connectivity index (χ2v) is 8.78. The van der Waals surface area contributed by atoms with Crippen molar-refractivity contribution in [2.24, 2.45) is 5.92 Å². The molecule has 7 nitrogen and oxygen atoms in total. The largest absolute Gasteiger partial charge is 0.497 e. The molecule has 0 aliphatic carbocycles. The Kier molecular flexibility index (Phi) is 9.35. The van der Waals surface area contributed by atoms with Gasteiger partial charge < -0.3 is 23.7 Å². The van der Waals surface area contributed by atoms with E-state index >= 15 is 0 Å². The Labute approximate surface area is 207 Å². The van der Waals surface area contributed by atoms with E-state index in [1.807, 2.05) is 50.2 Å². The van der Waals surface area contributed by atoms with Crippen molar-refractivity contribution in [3.8, 4) is 11.5 Å². The van der Waals surface area contributed by atoms with Crippen LogP contribution in [0, 0.1) is 5.92 Å². The minimum absolute atomic E-state index is 0.0400. The van der Waals surface area contributed by atoms with Gasteiger partial charge in [-0.3, -0.25) is 9.59 Å². The van der Waals surface area contributed by atoms with Crippen LogP contribution < -0.4 is 9.47 Å². The maximum atomic E-state index is 13.5. The smallest absolute Gasteiger partial charge is 0.258 e. The van der Waals surface area contributed by atoms with Crippen LogP contribution in [0.5, 0.6) is 11.5 Å². The Morgan fingerprint density at radius 2 is 1.71 bits per heavy atom. The van der Waals surface area contributed by atoms with Crippen LogP contribution in [0.2, 0.25) is 0 Å². The molecule has 2 amide bonds. The van der Waals surface area contributed by atoms with Gasteiger partial charge in [-0.05, 0) is 42.2 Å². The van der Waals surface area contributed by atoms with E-state index in [-0.39, 0.29) is 24.3 Å². The summed E-state index contributed by atoms with van der Waals surface area (Å²) in [6.45, 7) is 5.29. The highest BCUT2D eigenvalue weighted by atomic mass is 16.5. The standard InChI is InChI=1S/C28H34N2O5/c1-21(2)18-30(28(32)25-13-12-23(33-3)17-26(25)34-4)20-27(31)29(19-24-11-8-16-35-24)15-14-22-9-6-5-7-10-22/h5-13,16-17,21H,14-15,18-20H2,1-4H3. The number of hydrogen-bond donors (Lipinski definition) is 0. The van der Waals surface area contributed by atoms with Crippen LogP contribution in [0.25, 0.3) is 0 Å². The van der Waals surface area contributed by atoms with E-state index in [2.05, 4.69) is 0 Å². The first-order valence-corrected chi connectivity index (χ1v) is 11.8. The zero-order valence-electron chi connectivity index (χ0n) is 20.9. The first kappa shape index (κ1) is 25.9. The van der Waals surface area contributed by atoms with Crippen molar-refractivity contribution in [2.45, 2.75) is 26.8 Å². The summed E-state index contributed by atoms with van der Waals surface area (Å²) in [5.41, 5.74) is 1.53. The van der Waals surface area contributed by atoms with Gasteiger partial charge in [0.2, 0.25) is 5.91 Å². The Hall–Kier alpha value is -3.74. The van der Waals surface area contributed by atoms with Gasteiger partial charge in [-0.25, -0.2) is 0 Å². The fourth-order valence-electron chi connectivity index (χ4n) is 3.86. The molecule has 35 heavy (non-hydrogen) atoms. The molecular weight excluding hydrogens is 444 g/mol. The molecule has 0 bridgehead atoms. The molecule has 0 fully saturated rings. The number of carbonyl (C=O) groups is 2. The van der Waals surface area contributed by atoms with Gasteiger partial charge >= 0.3 is 0 Å². The molecule has 0 saturated carbocycles. The van der Waals surface area contributed by atoms with Crippen molar-refractivity contribution < 1.29 is 23.5 Å². The lowest BCUT2D eigenvalue weighted by Gasteiger charge is -2.29. The number of benzene rings is 2. The van der Waals surface area contributed by atoms with Crippen molar-refractivity contribution in [3.05, 3.63) is 83.8 Å². The SMILES string of the molecule is COc1ccc(C(=O)N(CC(=O)N(CCc2ccccc2)Cc2ccco2)CC(C)C)c(OC)c1. The lowest BCUT2D eigenvalue weighted by Crippen LogP contribution is -2.44. The van der Waals surface area contributed by atoms with Crippen molar-refractivity contribution in [1.29, 1.82) is 0 Å². The van der Waals surface area contributed by atoms with Gasteiger partial charge in [-0.1, -0.05) is 44.2 Å². The highest BCUT2D eigenvalue weighted by Crippen LogP contribution is 2.26. The molecular formula is C28H34N2O5. The van der Waals surface area contributed by atoms with E-state index in [9.17, 15) is 9.59 Å². The van der Waals surface area contributed by atoms with Crippen LogP contribution in [0.3, 0.4) is 0 Å². The van der Waals surface area contributed by atoms with Crippen molar-refractivity contribution in [2.75, 3.05) is 33.9 Å². The van der Waals surface area contributed by atoms with E-state index in [1.165, 1.54) is 7.11 Å². The summed E-state index contributed by atoms with van der Waals surface area (Å²) >= 11 is 0. The number of nitrogens with zero attached hydrogens (tertiary/aromatic N) is 2. The zero-order valence-corrected chi connectivity index (χ0v) is 20.9. The number of furan rings is 1. The molecule has 3 rings (SSSR count). The highest BCUT2D eigenvalue weighted by Gasteiger charge is 2.26. The molecule has 0 unspecified atom stereocenters. The van der Waals surface area contributed by atoms with Gasteiger partial charge in [0.15, 0.2) is 0 Å². The first-order valence-electron chi connectivity index (χ1n) is 11.8. The van der Waals surface area contributed by atoms with Crippen LogP contribution in [0.15, 0.2) is 71.3 Å². The lowest BCUT2D eigenvalue weighted by molar-refractivity contribution is -0.132. The number of ether oxygens (including phenoxy) is 2. The van der Waals surface area contributed by atoms with Gasteiger partial charge in [0.1, 0.15) is 23.8 Å². The van der Waals surface area contributed by atoms with E-state index in [0.29, 0.717) is 48.9 Å². The molecule has 0 spiro atoms. The predicted octanol–water partition coefficient (Wildman–Crippen LogP) is 4.67. The molecule has 7 heteroatoms. The van der Waals surface area contributed by atoms with Gasteiger partial charge in [0, 0.05) is 19.2 Å². The maximum absolute atomic E-state index is 13.5. The Morgan fingerprint density at radius 1 is 0.943 bits per heavy atom. The number of methoxy groups -OCH3 is 2. The van der Waals surface area contributed by atoms with E-state index in [1.54, 1.807) is 47.4 Å². The average Bonchev–Trinajstić information content (AvgIpc) is 3.38. The summed E-state index contributed by atoms with van der Waals surface area (Å²) in [6, 6.07) is 18.7. The van der Waals surface area contributed by atoms with Crippen molar-refractivity contribution in [1.82, 2.24) is 9.80 Å². The molecule has 0 aliphatic heterocycles. The number of hydrogen-bond acceptors (Lipinski definition) is 5. The van der Waals surface area contributed by atoms with Gasteiger partial charge in [0.25, 0.3) is 5.91 Å². The molecule has 3 aromatic rings. The molecule has 0 radical (unpaired) electrons. The third kappa shape index (κ3) is 7.37. The topological polar surface area (TPSA) is 72.2 Å². The van der Waals surface area contributed by atoms with Crippen LogP contribution in [-0.2, 0) is 17.8 Å². The van der Waals surface area contributed by atoms with Crippen LogP contribution in [0.1, 0.15) is 35.5 Å². The Bertz CT molecular complexity index is 1080. The molecule has 186 valence electrons. The number of amides is 2. The van der Waals surface area contributed by atoms with Gasteiger partial charge in [-0.2, -0.15) is 0 Å². The summed E-state index contributed by atoms with van der Waals surface area (Å²) < 4.78 is 16.2. The second kappa shape index (κ2) is 12.6. The second-order valence-electron chi connectivity index (χ2n) is 8.78. The monoisotopic (exact) mass is 478 g/mol. The molecule has 1 heterocycles. The third-order valence-electron chi connectivity index (χ3n) is 5.63. The quantitative estimate of drug-likeness (QED) is 0.378. The summed E-state index contributed by atoms with van der Waals surface area (Å²) in [7, 11) is 3.07. The van der Waals surface area contributed by atoms with Crippen LogP contribution >= 0.6 is 0 Å². The third-order valence-corrected chi connectivity index (χ3v) is 5.63. The fourth-order valence-corrected chi connectivity index (χ4v) is 3.86. The molecule has 0 aliphatic rings. The Morgan fingerprint density at radius 3 is 2.34 bits per heavy atom. The lowest BCUT2D eigenvalue weighted by atomic mass is 10.1. The van der Waals surface area contributed by atoms with Crippen LogP contribution in [-0.4, -0.2) is 55.5 Å². The molecule has 0 atom stereocenters. The van der Waals surface area contributed by atoms with Crippen molar-refractivity contribution >= 4 is 11.8 Å². The minimum Gasteiger partial charge on any atom is -0.497 e. The van der Waals surface area contributed by atoms with E-state index in [4.69, 9.17) is 13.9 Å². The van der Waals surface area contributed by atoms with E-state index < -0.39 is 0 Å². The summed E-state index contributed by atoms with van der Waals surface area (Å²) in [5.74, 6) is 1.48. The maximum Gasteiger partial charge on any atom is 0.258 e. The Balaban J connectivity index is 1.80. The normalized spacial score (nSPS) is 10.8. The number of carbonyl (C=O) groups excluding carboxylic acids is 2. The van der Waals surface area contributed by atoms with Gasteiger partial charge in [0.05, 0.1) is 32.6 Å². The average molecular weight is 479 g/mol. The molecule has 0 saturated heterocycles. The number of rotatable bonds is 12. The summed E-state index contributed by atoms with van der Waals surface area (Å²) in [5, 5.41) is 0. The molecule has 2 aromatic carbocycles. The van der Waals surface area contributed by atoms with Crippen molar-refractivity contribution in [3.63, 3.8) is 0 Å². The molecule has 0 N–H and O–H groups in total. The first-order chi connectivity index (χ1) is 16.9. The minimum atomic E-state index is -0.257. The zero-order chi connectivity index (χ0) is 25.2. The predicted molar refractivity (Wildman–Crippen MR) is 135 cm³/mol. The molecule has 1 aromatic heterocycles. The van der Waals surface area contributed by atoms with Crippen LogP contribution in [0.4, 0.5) is 0 Å². The highest BCUT2D eigenvalue weighted by molar-refractivity contribution is 5.99. The summed E-state index contributed by atoms with van der Waals surface area (Å²) in [6.07, 6.45) is 2.30. The summed E-state index contributed by atoms with van der Waals surface area (Å²) in [4.78, 5) is 30.4. The van der Waals surface area contributed by atoms with Gasteiger partial charge in [-0.15, -0.1) is 0 Å².